The van der Waals surface area contributed by atoms with Gasteiger partial charge >= 0.3 is 0 Å². The Morgan fingerprint density at radius 3 is 2.53 bits per heavy atom. The number of hydrogen-bond donors (Lipinski definition) is 0. The summed E-state index contributed by atoms with van der Waals surface area (Å²) < 4.78 is 1.65. The van der Waals surface area contributed by atoms with E-state index in [-0.39, 0.29) is 23.4 Å². The van der Waals surface area contributed by atoms with Gasteiger partial charge in [-0.15, -0.1) is 0 Å². The minimum Gasteiger partial charge on any atom is -0.331 e. The topological polar surface area (TPSA) is 58.4 Å². The molecule has 1 saturated carbocycles. The quantitative estimate of drug-likeness (QED) is 0.451. The zero-order valence-corrected chi connectivity index (χ0v) is 21.0. The molecule has 7 heteroatoms. The van der Waals surface area contributed by atoms with E-state index in [4.69, 9.17) is 16.6 Å². The lowest BCUT2D eigenvalue weighted by Gasteiger charge is -2.35. The van der Waals surface area contributed by atoms with Gasteiger partial charge < -0.3 is 9.80 Å². The normalized spacial score (nSPS) is 15.2. The van der Waals surface area contributed by atoms with E-state index in [9.17, 15) is 9.59 Å². The van der Waals surface area contributed by atoms with E-state index in [1.54, 1.807) is 22.8 Å². The van der Waals surface area contributed by atoms with Crippen LogP contribution in [0.2, 0.25) is 5.02 Å². The summed E-state index contributed by atoms with van der Waals surface area (Å²) >= 11 is 6.31. The molecule has 4 rings (SSSR count). The fraction of sp³-hybridized carbons (Fsp3) is 0.444. The van der Waals surface area contributed by atoms with Crippen molar-refractivity contribution in [2.24, 2.45) is 5.92 Å². The Morgan fingerprint density at radius 2 is 1.85 bits per heavy atom. The van der Waals surface area contributed by atoms with E-state index in [1.165, 1.54) is 0 Å². The number of carbonyl (C=O) groups excluding carboxylic acids is 1. The molecule has 1 aliphatic rings. The van der Waals surface area contributed by atoms with Crippen molar-refractivity contribution in [2.45, 2.75) is 45.1 Å². The Balaban J connectivity index is 1.90. The first kappa shape index (κ1) is 24.4. The van der Waals surface area contributed by atoms with Gasteiger partial charge in [-0.3, -0.25) is 14.2 Å². The largest absolute Gasteiger partial charge is 0.331 e. The molecule has 0 N–H and O–H groups in total. The van der Waals surface area contributed by atoms with Crippen LogP contribution in [0.1, 0.15) is 50.9 Å². The van der Waals surface area contributed by atoms with Gasteiger partial charge in [-0.2, -0.15) is 0 Å². The van der Waals surface area contributed by atoms with Crippen LogP contribution in [0.15, 0.2) is 53.3 Å². The third kappa shape index (κ3) is 5.03. The minimum absolute atomic E-state index is 0.0445. The third-order valence-corrected chi connectivity index (χ3v) is 6.94. The molecule has 0 radical (unpaired) electrons. The summed E-state index contributed by atoms with van der Waals surface area (Å²) in [6.45, 7) is 3.38. The molecule has 0 bridgehead atoms. The zero-order chi connectivity index (χ0) is 24.2. The fourth-order valence-electron chi connectivity index (χ4n) is 4.92. The summed E-state index contributed by atoms with van der Waals surface area (Å²) in [7, 11) is 4.02. The molecule has 1 aromatic heterocycles. The Morgan fingerprint density at radius 1 is 1.12 bits per heavy atom. The second-order valence-electron chi connectivity index (χ2n) is 9.35. The lowest BCUT2D eigenvalue weighted by molar-refractivity contribution is -0.138. The Bertz CT molecular complexity index is 1220. The van der Waals surface area contributed by atoms with Gasteiger partial charge in [0.05, 0.1) is 22.6 Å². The van der Waals surface area contributed by atoms with Crippen molar-refractivity contribution in [1.82, 2.24) is 19.4 Å². The summed E-state index contributed by atoms with van der Waals surface area (Å²) in [4.78, 5) is 36.5. The van der Waals surface area contributed by atoms with Crippen LogP contribution in [0, 0.1) is 5.92 Å². The van der Waals surface area contributed by atoms with Crippen LogP contribution in [0.25, 0.3) is 16.6 Å². The second kappa shape index (κ2) is 10.7. The van der Waals surface area contributed by atoms with Gasteiger partial charge in [-0.05, 0) is 63.7 Å². The number of amides is 1. The fourth-order valence-corrected chi connectivity index (χ4v) is 5.10. The number of likely N-dealkylation sites (N-methyl/N-ethyl adjacent to an activating group) is 1. The van der Waals surface area contributed by atoms with E-state index in [1.807, 2.05) is 49.3 Å². The van der Waals surface area contributed by atoms with Crippen LogP contribution in [0.5, 0.6) is 0 Å². The average Bonchev–Trinajstić information content (AvgIpc) is 3.36. The molecule has 1 atom stereocenters. The van der Waals surface area contributed by atoms with Crippen LogP contribution in [0.3, 0.4) is 0 Å². The molecular weight excluding hydrogens is 448 g/mol. The summed E-state index contributed by atoms with van der Waals surface area (Å²) in [6, 6.07) is 14.3. The number of para-hydroxylation sites is 1. The molecule has 34 heavy (non-hydrogen) atoms. The van der Waals surface area contributed by atoms with Crippen LogP contribution in [0.4, 0.5) is 0 Å². The van der Waals surface area contributed by atoms with Crippen molar-refractivity contribution < 1.29 is 4.79 Å². The standard InChI is InChI=1S/C27H33ClN4O2/c1-4-24(31(17-16-30(2)3)26(33)19-10-5-6-11-19)25-29-23-15-8-7-14-22(23)27(34)32(25)21-13-9-12-20(28)18-21/h7-9,12-15,18-19,24H,4-6,10-11,16-17H2,1-3H3. The smallest absolute Gasteiger partial charge is 0.266 e. The maximum absolute atomic E-state index is 13.8. The lowest BCUT2D eigenvalue weighted by atomic mass is 10.0. The molecule has 2 aromatic carbocycles. The SMILES string of the molecule is CCC(c1nc2ccccc2c(=O)n1-c1cccc(Cl)c1)N(CCN(C)C)C(=O)C1CCCC1. The summed E-state index contributed by atoms with van der Waals surface area (Å²) in [6.07, 6.45) is 4.70. The number of aromatic nitrogens is 2. The van der Waals surface area contributed by atoms with Gasteiger partial charge in [0.2, 0.25) is 5.91 Å². The first-order valence-electron chi connectivity index (χ1n) is 12.1. The summed E-state index contributed by atoms with van der Waals surface area (Å²) in [5, 5.41) is 1.09. The number of benzene rings is 2. The monoisotopic (exact) mass is 480 g/mol. The number of carbonyl (C=O) groups is 1. The van der Waals surface area contributed by atoms with Crippen LogP contribution < -0.4 is 5.56 Å². The molecule has 1 heterocycles. The highest BCUT2D eigenvalue weighted by Gasteiger charge is 2.34. The average molecular weight is 481 g/mol. The molecule has 6 nitrogen and oxygen atoms in total. The molecule has 1 unspecified atom stereocenters. The van der Waals surface area contributed by atoms with Crippen LogP contribution in [-0.2, 0) is 4.79 Å². The van der Waals surface area contributed by atoms with Crippen LogP contribution in [-0.4, -0.2) is 52.4 Å². The molecule has 0 aliphatic heterocycles. The highest BCUT2D eigenvalue weighted by atomic mass is 35.5. The zero-order valence-electron chi connectivity index (χ0n) is 20.2. The summed E-state index contributed by atoms with van der Waals surface area (Å²) in [5.74, 6) is 0.799. The highest BCUT2D eigenvalue weighted by Crippen LogP contribution is 2.32. The van der Waals surface area contributed by atoms with Crippen molar-refractivity contribution in [3.8, 4) is 5.69 Å². The van der Waals surface area contributed by atoms with Gasteiger partial charge in [0.15, 0.2) is 0 Å². The molecular formula is C27H33ClN4O2. The predicted octanol–water partition coefficient (Wildman–Crippen LogP) is 5.07. The maximum atomic E-state index is 13.8. The van der Waals surface area contributed by atoms with E-state index >= 15 is 0 Å². The first-order valence-corrected chi connectivity index (χ1v) is 12.5. The highest BCUT2D eigenvalue weighted by molar-refractivity contribution is 6.30. The second-order valence-corrected chi connectivity index (χ2v) is 9.78. The molecule has 180 valence electrons. The number of nitrogens with zero attached hydrogens (tertiary/aromatic N) is 4. The van der Waals surface area contributed by atoms with Gasteiger partial charge in [0.25, 0.3) is 5.56 Å². The summed E-state index contributed by atoms with van der Waals surface area (Å²) in [5.41, 5.74) is 1.15. The molecule has 3 aromatic rings. The minimum atomic E-state index is -0.329. The van der Waals surface area contributed by atoms with Crippen molar-refractivity contribution in [3.05, 3.63) is 69.7 Å². The van der Waals surface area contributed by atoms with Gasteiger partial charge in [0.1, 0.15) is 5.82 Å². The molecule has 0 spiro atoms. The van der Waals surface area contributed by atoms with Crippen molar-refractivity contribution in [3.63, 3.8) is 0 Å². The van der Waals surface area contributed by atoms with Gasteiger partial charge in [0, 0.05) is 24.0 Å². The number of fused-ring (bicyclic) bond motifs is 1. The molecule has 1 fully saturated rings. The molecule has 1 aliphatic carbocycles. The Kier molecular flexibility index (Phi) is 7.69. The third-order valence-electron chi connectivity index (χ3n) is 6.70. The Labute approximate surface area is 206 Å². The van der Waals surface area contributed by atoms with Gasteiger partial charge in [-0.1, -0.05) is 49.6 Å². The van der Waals surface area contributed by atoms with E-state index in [0.29, 0.717) is 40.4 Å². The van der Waals surface area contributed by atoms with E-state index in [0.717, 1.165) is 32.2 Å². The number of rotatable bonds is 8. The lowest BCUT2D eigenvalue weighted by Crippen LogP contribution is -2.44. The van der Waals surface area contributed by atoms with Crippen molar-refractivity contribution in [2.75, 3.05) is 27.2 Å². The number of halogens is 1. The van der Waals surface area contributed by atoms with Crippen molar-refractivity contribution >= 4 is 28.4 Å². The van der Waals surface area contributed by atoms with Crippen molar-refractivity contribution in [1.29, 1.82) is 0 Å². The van der Waals surface area contributed by atoms with Crippen LogP contribution >= 0.6 is 11.6 Å². The first-order chi connectivity index (χ1) is 16.4. The maximum Gasteiger partial charge on any atom is 0.266 e. The molecule has 1 amide bonds. The molecule has 0 saturated heterocycles. The number of hydrogen-bond acceptors (Lipinski definition) is 4. The van der Waals surface area contributed by atoms with Gasteiger partial charge in [-0.25, -0.2) is 4.98 Å². The van der Waals surface area contributed by atoms with E-state index in [2.05, 4.69) is 11.8 Å². The Hall–Kier alpha value is -2.70. The predicted molar refractivity (Wildman–Crippen MR) is 138 cm³/mol. The van der Waals surface area contributed by atoms with E-state index < -0.39 is 0 Å².